The Hall–Kier alpha value is -1.91. The predicted octanol–water partition coefficient (Wildman–Crippen LogP) is 4.17. The quantitative estimate of drug-likeness (QED) is 0.780. The molecular formula is C18H23FN2O2. The topological polar surface area (TPSA) is 42.4 Å². The van der Waals surface area contributed by atoms with Crippen LogP contribution in [0.15, 0.2) is 24.5 Å². The normalized spacial score (nSPS) is 24.2. The van der Waals surface area contributed by atoms with E-state index in [1.807, 2.05) is 25.7 Å². The van der Waals surface area contributed by atoms with Crippen molar-refractivity contribution in [1.82, 2.24) is 9.88 Å². The SMILES string of the molecule is CC(C)(C)OC(=O)N1C2C=C(c3cncc(F)c3)CC1CCC2. The van der Waals surface area contributed by atoms with Gasteiger partial charge in [-0.25, -0.2) is 9.18 Å². The standard InChI is InChI=1S/C18H23FN2O2/c1-18(2,3)23-17(22)21-15-5-4-6-16(21)9-12(8-15)13-7-14(19)11-20-10-13/h7-8,10-11,15-16H,4-6,9H2,1-3H3. The molecule has 23 heavy (non-hydrogen) atoms. The molecule has 2 unspecified atom stereocenters. The van der Waals surface area contributed by atoms with Crippen molar-refractivity contribution < 1.29 is 13.9 Å². The van der Waals surface area contributed by atoms with Crippen LogP contribution in [-0.2, 0) is 4.74 Å². The molecular weight excluding hydrogens is 295 g/mol. The van der Waals surface area contributed by atoms with Crippen LogP contribution in [0.4, 0.5) is 9.18 Å². The number of fused-ring (bicyclic) bond motifs is 2. The number of rotatable bonds is 1. The van der Waals surface area contributed by atoms with Crippen molar-refractivity contribution in [2.24, 2.45) is 0 Å². The number of pyridine rings is 1. The van der Waals surface area contributed by atoms with Gasteiger partial charge in [-0.05, 0) is 63.7 Å². The van der Waals surface area contributed by atoms with Crippen LogP contribution in [0.3, 0.4) is 0 Å². The van der Waals surface area contributed by atoms with Crippen molar-refractivity contribution >= 4 is 11.7 Å². The first-order valence-corrected chi connectivity index (χ1v) is 8.16. The Balaban J connectivity index is 1.86. The van der Waals surface area contributed by atoms with E-state index in [4.69, 9.17) is 4.74 Å². The Bertz CT molecular complexity index is 636. The van der Waals surface area contributed by atoms with E-state index in [1.165, 1.54) is 12.3 Å². The van der Waals surface area contributed by atoms with E-state index >= 15 is 0 Å². The lowest BCUT2D eigenvalue weighted by molar-refractivity contribution is 0.0000820. The monoisotopic (exact) mass is 318 g/mol. The molecule has 1 fully saturated rings. The maximum Gasteiger partial charge on any atom is 0.411 e. The highest BCUT2D eigenvalue weighted by Gasteiger charge is 2.39. The van der Waals surface area contributed by atoms with E-state index in [0.29, 0.717) is 0 Å². The highest BCUT2D eigenvalue weighted by Crippen LogP contribution is 2.37. The van der Waals surface area contributed by atoms with E-state index in [-0.39, 0.29) is 24.0 Å². The van der Waals surface area contributed by atoms with Gasteiger partial charge in [0.15, 0.2) is 0 Å². The Labute approximate surface area is 136 Å². The van der Waals surface area contributed by atoms with Crippen molar-refractivity contribution in [3.05, 3.63) is 35.9 Å². The van der Waals surface area contributed by atoms with Crippen LogP contribution >= 0.6 is 0 Å². The van der Waals surface area contributed by atoms with Gasteiger partial charge in [0.05, 0.1) is 12.2 Å². The molecule has 0 N–H and O–H groups in total. The minimum absolute atomic E-state index is 0.0237. The number of aromatic nitrogens is 1. The fraction of sp³-hybridized carbons (Fsp3) is 0.556. The average Bonchev–Trinajstić information content (AvgIpc) is 2.44. The van der Waals surface area contributed by atoms with Gasteiger partial charge in [-0.1, -0.05) is 6.08 Å². The molecule has 1 aromatic heterocycles. The van der Waals surface area contributed by atoms with E-state index in [1.54, 1.807) is 6.20 Å². The first-order valence-electron chi connectivity index (χ1n) is 8.16. The van der Waals surface area contributed by atoms with Gasteiger partial charge < -0.3 is 4.74 Å². The molecule has 3 heterocycles. The third-order valence-corrected chi connectivity index (χ3v) is 4.32. The van der Waals surface area contributed by atoms with Crippen LogP contribution in [0.1, 0.15) is 52.0 Å². The molecule has 3 rings (SSSR count). The third-order valence-electron chi connectivity index (χ3n) is 4.32. The first kappa shape index (κ1) is 16.0. The Kier molecular flexibility index (Phi) is 4.13. The number of ether oxygens (including phenoxy) is 1. The molecule has 1 saturated heterocycles. The molecule has 1 aromatic rings. The zero-order valence-corrected chi connectivity index (χ0v) is 13.9. The molecule has 2 aliphatic rings. The summed E-state index contributed by atoms with van der Waals surface area (Å²) >= 11 is 0. The molecule has 1 amide bonds. The molecule has 2 aliphatic heterocycles. The summed E-state index contributed by atoms with van der Waals surface area (Å²) < 4.78 is 19.0. The minimum Gasteiger partial charge on any atom is -0.444 e. The Morgan fingerprint density at radius 3 is 2.78 bits per heavy atom. The van der Waals surface area contributed by atoms with E-state index < -0.39 is 5.60 Å². The highest BCUT2D eigenvalue weighted by atomic mass is 19.1. The number of piperidine rings is 1. The van der Waals surface area contributed by atoms with Gasteiger partial charge in [0, 0.05) is 12.2 Å². The summed E-state index contributed by atoms with van der Waals surface area (Å²) in [6, 6.07) is 1.65. The van der Waals surface area contributed by atoms with Crippen molar-refractivity contribution in [3.63, 3.8) is 0 Å². The minimum atomic E-state index is -0.498. The van der Waals surface area contributed by atoms with Crippen LogP contribution < -0.4 is 0 Å². The summed E-state index contributed by atoms with van der Waals surface area (Å²) in [5, 5.41) is 0. The number of hydrogen-bond acceptors (Lipinski definition) is 3. The van der Waals surface area contributed by atoms with Gasteiger partial charge in [-0.15, -0.1) is 0 Å². The van der Waals surface area contributed by atoms with Gasteiger partial charge in [0.1, 0.15) is 11.4 Å². The summed E-state index contributed by atoms with van der Waals surface area (Å²) in [4.78, 5) is 18.3. The van der Waals surface area contributed by atoms with Gasteiger partial charge in [0.25, 0.3) is 0 Å². The molecule has 0 spiro atoms. The van der Waals surface area contributed by atoms with Crippen LogP contribution in [0, 0.1) is 5.82 Å². The van der Waals surface area contributed by atoms with Crippen molar-refractivity contribution in [2.75, 3.05) is 0 Å². The van der Waals surface area contributed by atoms with Crippen LogP contribution in [0.25, 0.3) is 5.57 Å². The number of hydrogen-bond donors (Lipinski definition) is 0. The largest absolute Gasteiger partial charge is 0.444 e. The van der Waals surface area contributed by atoms with Crippen LogP contribution in [0.5, 0.6) is 0 Å². The molecule has 0 aromatic carbocycles. The van der Waals surface area contributed by atoms with Crippen LogP contribution in [-0.4, -0.2) is 33.7 Å². The summed E-state index contributed by atoms with van der Waals surface area (Å²) in [6.07, 6.45) is 8.42. The zero-order valence-electron chi connectivity index (χ0n) is 13.9. The zero-order chi connectivity index (χ0) is 16.6. The molecule has 124 valence electrons. The molecule has 5 heteroatoms. The van der Waals surface area contributed by atoms with Crippen molar-refractivity contribution in [3.8, 4) is 0 Å². The lowest BCUT2D eigenvalue weighted by atomic mass is 9.83. The second kappa shape index (κ2) is 5.95. The Morgan fingerprint density at radius 1 is 1.35 bits per heavy atom. The second-order valence-corrected chi connectivity index (χ2v) is 7.33. The molecule has 0 aliphatic carbocycles. The van der Waals surface area contributed by atoms with Gasteiger partial charge in [-0.2, -0.15) is 0 Å². The summed E-state index contributed by atoms with van der Waals surface area (Å²) in [5.74, 6) is -0.330. The number of halogens is 1. The fourth-order valence-corrected chi connectivity index (χ4v) is 3.43. The number of amides is 1. The average molecular weight is 318 g/mol. The predicted molar refractivity (Wildman–Crippen MR) is 86.3 cm³/mol. The number of nitrogens with zero attached hydrogens (tertiary/aromatic N) is 2. The fourth-order valence-electron chi connectivity index (χ4n) is 3.43. The van der Waals surface area contributed by atoms with E-state index in [9.17, 15) is 9.18 Å². The summed E-state index contributed by atoms with van der Waals surface area (Å²) in [5.41, 5.74) is 1.39. The van der Waals surface area contributed by atoms with Gasteiger partial charge in [-0.3, -0.25) is 9.88 Å². The van der Waals surface area contributed by atoms with Gasteiger partial charge in [0.2, 0.25) is 0 Å². The van der Waals surface area contributed by atoms with Crippen LogP contribution in [0.2, 0.25) is 0 Å². The first-order chi connectivity index (χ1) is 10.8. The second-order valence-electron chi connectivity index (χ2n) is 7.33. The molecule has 0 saturated carbocycles. The van der Waals surface area contributed by atoms with E-state index in [2.05, 4.69) is 11.1 Å². The lowest BCUT2D eigenvalue weighted by Crippen LogP contribution is -2.53. The summed E-state index contributed by atoms with van der Waals surface area (Å²) in [7, 11) is 0. The molecule has 2 bridgehead atoms. The Morgan fingerprint density at radius 2 is 2.13 bits per heavy atom. The maximum absolute atomic E-state index is 13.4. The smallest absolute Gasteiger partial charge is 0.411 e. The maximum atomic E-state index is 13.4. The number of carbonyl (C=O) groups excluding carboxylic acids is 1. The highest BCUT2D eigenvalue weighted by molar-refractivity contribution is 5.74. The number of carbonyl (C=O) groups is 1. The molecule has 2 atom stereocenters. The molecule has 0 radical (unpaired) electrons. The molecule has 4 nitrogen and oxygen atoms in total. The van der Waals surface area contributed by atoms with Gasteiger partial charge >= 0.3 is 6.09 Å². The summed E-state index contributed by atoms with van der Waals surface area (Å²) in [6.45, 7) is 5.64. The lowest BCUT2D eigenvalue weighted by Gasteiger charge is -2.45. The van der Waals surface area contributed by atoms with Crippen molar-refractivity contribution in [2.45, 2.75) is 64.1 Å². The third kappa shape index (κ3) is 3.54. The van der Waals surface area contributed by atoms with Crippen molar-refractivity contribution in [1.29, 1.82) is 0 Å². The van der Waals surface area contributed by atoms with E-state index in [0.717, 1.165) is 36.8 Å².